The monoisotopic (exact) mass is 310 g/mol. The number of benzene rings is 1. The normalized spacial score (nSPS) is 22.1. The fourth-order valence-corrected chi connectivity index (χ4v) is 3.56. The molecule has 0 bridgehead atoms. The van der Waals surface area contributed by atoms with Crippen molar-refractivity contribution in [2.75, 3.05) is 20.3 Å². The first-order valence-electron chi connectivity index (χ1n) is 6.16. The second-order valence-corrected chi connectivity index (χ2v) is 6.70. The minimum absolute atomic E-state index is 0.00672. The van der Waals surface area contributed by atoms with Crippen molar-refractivity contribution >= 4 is 16.0 Å². The van der Waals surface area contributed by atoms with E-state index in [1.54, 1.807) is 0 Å². The summed E-state index contributed by atoms with van der Waals surface area (Å²) in [4.78, 5) is 11.1. The number of hydrogen-bond donors (Lipinski definition) is 1. The molecule has 0 aromatic heterocycles. The van der Waals surface area contributed by atoms with E-state index in [9.17, 15) is 13.2 Å². The maximum Gasteiger partial charge on any atom is 0.310 e. The van der Waals surface area contributed by atoms with E-state index in [0.29, 0.717) is 5.56 Å². The van der Waals surface area contributed by atoms with Gasteiger partial charge in [-0.05, 0) is 24.3 Å². The average Bonchev–Trinajstić information content (AvgIpc) is 2.96. The topological polar surface area (TPSA) is 108 Å². The molecule has 2 unspecified atom stereocenters. The van der Waals surface area contributed by atoms with Gasteiger partial charge in [0, 0.05) is 7.05 Å². The van der Waals surface area contributed by atoms with Gasteiger partial charge in [-0.3, -0.25) is 4.79 Å². The van der Waals surface area contributed by atoms with Gasteiger partial charge in [-0.2, -0.15) is 9.57 Å². The Hall–Kier alpha value is -1.95. The highest BCUT2D eigenvalue weighted by Gasteiger charge is 2.41. The van der Waals surface area contributed by atoms with Crippen molar-refractivity contribution in [3.63, 3.8) is 0 Å². The van der Waals surface area contributed by atoms with Crippen LogP contribution in [0.3, 0.4) is 0 Å². The first-order valence-corrected chi connectivity index (χ1v) is 7.60. The molecule has 1 aliphatic rings. The Balaban J connectivity index is 2.30. The Morgan fingerprint density at radius 1 is 1.38 bits per heavy atom. The first kappa shape index (κ1) is 15.4. The molecule has 7 nitrogen and oxygen atoms in total. The first-order chi connectivity index (χ1) is 9.87. The summed E-state index contributed by atoms with van der Waals surface area (Å²) >= 11 is 0. The van der Waals surface area contributed by atoms with E-state index in [0.717, 1.165) is 4.31 Å². The molecule has 1 fully saturated rings. The second kappa shape index (κ2) is 5.81. The molecule has 2 atom stereocenters. The summed E-state index contributed by atoms with van der Waals surface area (Å²) in [5, 5.41) is 17.8. The van der Waals surface area contributed by atoms with Gasteiger partial charge >= 0.3 is 5.97 Å². The van der Waals surface area contributed by atoms with E-state index in [-0.39, 0.29) is 18.1 Å². The molecule has 21 heavy (non-hydrogen) atoms. The number of nitrogens with zero attached hydrogens (tertiary/aromatic N) is 2. The van der Waals surface area contributed by atoms with Gasteiger partial charge in [-0.15, -0.1) is 0 Å². The Labute approximate surface area is 122 Å². The van der Waals surface area contributed by atoms with Crippen LogP contribution in [-0.2, 0) is 19.6 Å². The number of carboxylic acids is 1. The van der Waals surface area contributed by atoms with E-state index >= 15 is 0 Å². The van der Waals surface area contributed by atoms with Gasteiger partial charge < -0.3 is 9.84 Å². The highest BCUT2D eigenvalue weighted by atomic mass is 32.2. The van der Waals surface area contributed by atoms with Crippen LogP contribution in [0.15, 0.2) is 29.2 Å². The number of rotatable bonds is 4. The third kappa shape index (κ3) is 2.90. The molecule has 112 valence electrons. The fourth-order valence-electron chi connectivity index (χ4n) is 2.18. The molecule has 1 aromatic rings. The summed E-state index contributed by atoms with van der Waals surface area (Å²) in [7, 11) is -2.50. The Morgan fingerprint density at radius 3 is 2.52 bits per heavy atom. The molecular formula is C13H14N2O5S. The van der Waals surface area contributed by atoms with Crippen LogP contribution in [0.25, 0.3) is 0 Å². The van der Waals surface area contributed by atoms with E-state index in [1.165, 1.54) is 31.3 Å². The van der Waals surface area contributed by atoms with Crippen molar-refractivity contribution in [3.8, 4) is 6.07 Å². The van der Waals surface area contributed by atoms with Gasteiger partial charge in [0.15, 0.2) is 0 Å². The highest BCUT2D eigenvalue weighted by molar-refractivity contribution is 7.89. The molecular weight excluding hydrogens is 296 g/mol. The summed E-state index contributed by atoms with van der Waals surface area (Å²) in [5.41, 5.74) is 0.351. The molecule has 8 heteroatoms. The molecule has 0 aliphatic carbocycles. The van der Waals surface area contributed by atoms with Crippen LogP contribution in [0, 0.1) is 17.2 Å². The van der Waals surface area contributed by atoms with E-state index in [2.05, 4.69) is 0 Å². The number of carbonyl (C=O) groups is 1. The Bertz CT molecular complexity index is 678. The molecule has 2 rings (SSSR count). The predicted octanol–water partition coefficient (Wildman–Crippen LogP) is 0.278. The number of nitriles is 1. The lowest BCUT2D eigenvalue weighted by molar-refractivity contribution is -0.142. The lowest BCUT2D eigenvalue weighted by atomic mass is 10.1. The molecule has 1 N–H and O–H groups in total. The maximum absolute atomic E-state index is 12.5. The Kier molecular flexibility index (Phi) is 4.27. The van der Waals surface area contributed by atoms with Crippen molar-refractivity contribution in [1.29, 1.82) is 5.26 Å². The molecule has 1 aliphatic heterocycles. The summed E-state index contributed by atoms with van der Waals surface area (Å²) < 4.78 is 31.1. The predicted molar refractivity (Wildman–Crippen MR) is 71.8 cm³/mol. The standard InChI is InChI=1S/C13H14N2O5S/c1-15(12-8-20-7-11(12)13(16)17)21(18,19)10-4-2-9(6-14)3-5-10/h2-5,11-12H,7-8H2,1H3,(H,16,17). The van der Waals surface area contributed by atoms with Crippen LogP contribution < -0.4 is 0 Å². The van der Waals surface area contributed by atoms with Crippen molar-refractivity contribution in [3.05, 3.63) is 29.8 Å². The van der Waals surface area contributed by atoms with Crippen LogP contribution in [-0.4, -0.2) is 50.1 Å². The maximum atomic E-state index is 12.5. The second-order valence-electron chi connectivity index (χ2n) is 4.71. The van der Waals surface area contributed by atoms with E-state index in [1.807, 2.05) is 6.07 Å². The third-order valence-electron chi connectivity index (χ3n) is 3.50. The zero-order valence-electron chi connectivity index (χ0n) is 11.3. The summed E-state index contributed by atoms with van der Waals surface area (Å²) in [6.45, 7) is 0.0379. The molecule has 1 saturated heterocycles. The zero-order chi connectivity index (χ0) is 15.6. The highest BCUT2D eigenvalue weighted by Crippen LogP contribution is 2.25. The number of sulfonamides is 1. The van der Waals surface area contributed by atoms with Crippen LogP contribution in [0.4, 0.5) is 0 Å². The summed E-state index contributed by atoms with van der Waals surface area (Å²) in [6.07, 6.45) is 0. The van der Waals surface area contributed by atoms with Crippen LogP contribution in [0.1, 0.15) is 5.56 Å². The molecule has 0 amide bonds. The van der Waals surface area contributed by atoms with Crippen LogP contribution in [0.5, 0.6) is 0 Å². The van der Waals surface area contributed by atoms with Crippen LogP contribution >= 0.6 is 0 Å². The van der Waals surface area contributed by atoms with Crippen molar-refractivity contribution in [2.45, 2.75) is 10.9 Å². The number of hydrogen-bond acceptors (Lipinski definition) is 5. The lowest BCUT2D eigenvalue weighted by Gasteiger charge is -2.25. The van der Waals surface area contributed by atoms with Gasteiger partial charge in [-0.25, -0.2) is 8.42 Å². The van der Waals surface area contributed by atoms with Gasteiger partial charge in [-0.1, -0.05) is 0 Å². The SMILES string of the molecule is CN(C1COCC1C(=O)O)S(=O)(=O)c1ccc(C#N)cc1. The average molecular weight is 310 g/mol. The van der Waals surface area contributed by atoms with Gasteiger partial charge in [0.2, 0.25) is 10.0 Å². The number of aliphatic carboxylic acids is 1. The summed E-state index contributed by atoms with van der Waals surface area (Å²) in [6, 6.07) is 6.62. The molecule has 1 heterocycles. The van der Waals surface area contributed by atoms with Crippen molar-refractivity contribution in [1.82, 2.24) is 4.31 Å². The largest absolute Gasteiger partial charge is 0.481 e. The van der Waals surface area contributed by atoms with Crippen molar-refractivity contribution < 1.29 is 23.1 Å². The number of likely N-dealkylation sites (N-methyl/N-ethyl adjacent to an activating group) is 1. The van der Waals surface area contributed by atoms with Crippen LogP contribution in [0.2, 0.25) is 0 Å². The van der Waals surface area contributed by atoms with Gasteiger partial charge in [0.25, 0.3) is 0 Å². The minimum atomic E-state index is -3.83. The van der Waals surface area contributed by atoms with E-state index < -0.39 is 28.0 Å². The van der Waals surface area contributed by atoms with Crippen molar-refractivity contribution in [2.24, 2.45) is 5.92 Å². The minimum Gasteiger partial charge on any atom is -0.481 e. The van der Waals surface area contributed by atoms with E-state index in [4.69, 9.17) is 15.1 Å². The molecule has 0 spiro atoms. The third-order valence-corrected chi connectivity index (χ3v) is 5.39. The quantitative estimate of drug-likeness (QED) is 0.855. The lowest BCUT2D eigenvalue weighted by Crippen LogP contribution is -2.44. The number of carboxylic acid groups (broad SMARTS) is 1. The smallest absolute Gasteiger partial charge is 0.310 e. The zero-order valence-corrected chi connectivity index (χ0v) is 12.1. The number of ether oxygens (including phenoxy) is 1. The summed E-state index contributed by atoms with van der Waals surface area (Å²) in [5.74, 6) is -1.97. The molecule has 1 aromatic carbocycles. The van der Waals surface area contributed by atoms with Gasteiger partial charge in [0.05, 0.1) is 41.7 Å². The molecule has 0 saturated carbocycles. The Morgan fingerprint density at radius 2 is 2.00 bits per heavy atom. The van der Waals surface area contributed by atoms with Gasteiger partial charge in [0.1, 0.15) is 0 Å². The fraction of sp³-hybridized carbons (Fsp3) is 0.385. The molecule has 0 radical (unpaired) electrons.